The summed E-state index contributed by atoms with van der Waals surface area (Å²) in [6.45, 7) is 10.9. The standard InChI is InChI=1S/C14H23NO2S/c1-13(2,3)10-14(4,5)11-6-8-12(9-7-11)18(15,16)17/h6-9H,10H2,1-5H3,(H2,15,16,17). The molecule has 0 bridgehead atoms. The molecule has 0 aliphatic rings. The summed E-state index contributed by atoms with van der Waals surface area (Å²) >= 11 is 0. The van der Waals surface area contributed by atoms with Gasteiger partial charge in [0.1, 0.15) is 0 Å². The van der Waals surface area contributed by atoms with Crippen molar-refractivity contribution >= 4 is 10.0 Å². The molecular weight excluding hydrogens is 246 g/mol. The monoisotopic (exact) mass is 269 g/mol. The van der Waals surface area contributed by atoms with Crippen molar-refractivity contribution in [3.8, 4) is 0 Å². The zero-order chi connectivity index (χ0) is 14.2. The van der Waals surface area contributed by atoms with Gasteiger partial charge in [-0.05, 0) is 34.9 Å². The molecule has 0 aliphatic heterocycles. The first-order chi connectivity index (χ1) is 7.92. The van der Waals surface area contributed by atoms with Gasteiger partial charge < -0.3 is 0 Å². The molecule has 0 heterocycles. The van der Waals surface area contributed by atoms with Gasteiger partial charge in [-0.1, -0.05) is 46.8 Å². The van der Waals surface area contributed by atoms with Crippen LogP contribution in [0.2, 0.25) is 0 Å². The lowest BCUT2D eigenvalue weighted by atomic mass is 9.72. The van der Waals surface area contributed by atoms with E-state index in [1.807, 2.05) is 12.1 Å². The zero-order valence-electron chi connectivity index (χ0n) is 11.8. The molecule has 0 spiro atoms. The Morgan fingerprint density at radius 1 is 1.00 bits per heavy atom. The summed E-state index contributed by atoms with van der Waals surface area (Å²) < 4.78 is 22.4. The van der Waals surface area contributed by atoms with E-state index in [1.54, 1.807) is 12.1 Å². The second-order valence-corrected chi connectivity index (χ2v) is 8.25. The molecule has 0 saturated heterocycles. The average Bonchev–Trinajstić information content (AvgIpc) is 2.13. The Balaban J connectivity index is 3.05. The first kappa shape index (κ1) is 15.2. The molecule has 0 aromatic heterocycles. The molecule has 0 aliphatic carbocycles. The number of rotatable bonds is 3. The third-order valence-corrected chi connectivity index (χ3v) is 3.87. The Bertz CT molecular complexity index is 508. The lowest BCUT2D eigenvalue weighted by molar-refractivity contribution is 0.284. The average molecular weight is 269 g/mol. The third kappa shape index (κ3) is 4.10. The van der Waals surface area contributed by atoms with Crippen molar-refractivity contribution in [1.82, 2.24) is 0 Å². The largest absolute Gasteiger partial charge is 0.238 e. The van der Waals surface area contributed by atoms with E-state index >= 15 is 0 Å². The van der Waals surface area contributed by atoms with Gasteiger partial charge in [0.15, 0.2) is 0 Å². The first-order valence-corrected chi connectivity index (χ1v) is 7.60. The van der Waals surface area contributed by atoms with Crippen LogP contribution in [0, 0.1) is 5.41 Å². The molecule has 102 valence electrons. The van der Waals surface area contributed by atoms with Crippen LogP contribution in [-0.4, -0.2) is 8.42 Å². The van der Waals surface area contributed by atoms with Gasteiger partial charge in [0, 0.05) is 0 Å². The van der Waals surface area contributed by atoms with Crippen LogP contribution in [0.15, 0.2) is 29.2 Å². The fraction of sp³-hybridized carbons (Fsp3) is 0.571. The molecule has 0 atom stereocenters. The Morgan fingerprint density at radius 3 is 1.78 bits per heavy atom. The minimum Gasteiger partial charge on any atom is -0.225 e. The minimum atomic E-state index is -3.60. The molecule has 0 saturated carbocycles. The second kappa shape index (κ2) is 4.67. The number of hydrogen-bond acceptors (Lipinski definition) is 2. The van der Waals surface area contributed by atoms with Gasteiger partial charge >= 0.3 is 0 Å². The van der Waals surface area contributed by atoms with Crippen LogP contribution in [0.1, 0.15) is 46.6 Å². The van der Waals surface area contributed by atoms with Crippen molar-refractivity contribution in [1.29, 1.82) is 0 Å². The topological polar surface area (TPSA) is 60.2 Å². The van der Waals surface area contributed by atoms with Gasteiger partial charge in [-0.3, -0.25) is 0 Å². The lowest BCUT2D eigenvalue weighted by Gasteiger charge is -2.33. The fourth-order valence-electron chi connectivity index (χ4n) is 2.52. The first-order valence-electron chi connectivity index (χ1n) is 6.05. The van der Waals surface area contributed by atoms with Gasteiger partial charge in [-0.15, -0.1) is 0 Å². The number of primary sulfonamides is 1. The summed E-state index contributed by atoms with van der Waals surface area (Å²) in [6, 6.07) is 6.86. The summed E-state index contributed by atoms with van der Waals surface area (Å²) in [6.07, 6.45) is 1.02. The normalized spacial score (nSPS) is 13.7. The maximum Gasteiger partial charge on any atom is 0.238 e. The van der Waals surface area contributed by atoms with Crippen molar-refractivity contribution in [3.63, 3.8) is 0 Å². The van der Waals surface area contributed by atoms with Crippen molar-refractivity contribution in [2.24, 2.45) is 10.6 Å². The van der Waals surface area contributed by atoms with Gasteiger partial charge in [0.05, 0.1) is 4.90 Å². The van der Waals surface area contributed by atoms with Crippen LogP contribution in [0.25, 0.3) is 0 Å². The van der Waals surface area contributed by atoms with Crippen LogP contribution in [-0.2, 0) is 15.4 Å². The maximum atomic E-state index is 11.2. The number of nitrogens with two attached hydrogens (primary N) is 1. The Kier molecular flexibility index (Phi) is 3.94. The molecule has 1 aromatic rings. The summed E-state index contributed by atoms with van der Waals surface area (Å²) in [7, 11) is -3.60. The van der Waals surface area contributed by atoms with E-state index in [0.717, 1.165) is 12.0 Å². The number of benzene rings is 1. The van der Waals surface area contributed by atoms with E-state index in [-0.39, 0.29) is 15.7 Å². The number of hydrogen-bond donors (Lipinski definition) is 1. The Hall–Kier alpha value is -0.870. The van der Waals surface area contributed by atoms with Crippen molar-refractivity contribution in [2.45, 2.75) is 51.3 Å². The molecule has 0 unspecified atom stereocenters. The van der Waals surface area contributed by atoms with Crippen LogP contribution in [0.4, 0.5) is 0 Å². The zero-order valence-corrected chi connectivity index (χ0v) is 12.6. The highest BCUT2D eigenvalue weighted by molar-refractivity contribution is 7.89. The van der Waals surface area contributed by atoms with E-state index in [4.69, 9.17) is 5.14 Å². The highest BCUT2D eigenvalue weighted by Crippen LogP contribution is 2.36. The summed E-state index contributed by atoms with van der Waals surface area (Å²) in [4.78, 5) is 0.165. The molecule has 2 N–H and O–H groups in total. The van der Waals surface area contributed by atoms with Crippen LogP contribution in [0.5, 0.6) is 0 Å². The van der Waals surface area contributed by atoms with Gasteiger partial charge in [-0.2, -0.15) is 0 Å². The van der Waals surface area contributed by atoms with E-state index in [1.165, 1.54) is 0 Å². The van der Waals surface area contributed by atoms with Gasteiger partial charge in [0.2, 0.25) is 10.0 Å². The molecular formula is C14H23NO2S. The number of sulfonamides is 1. The van der Waals surface area contributed by atoms with Crippen molar-refractivity contribution in [2.75, 3.05) is 0 Å². The maximum absolute atomic E-state index is 11.2. The smallest absolute Gasteiger partial charge is 0.225 e. The molecule has 4 heteroatoms. The van der Waals surface area contributed by atoms with E-state index in [2.05, 4.69) is 34.6 Å². The molecule has 3 nitrogen and oxygen atoms in total. The van der Waals surface area contributed by atoms with Crippen LogP contribution < -0.4 is 5.14 Å². The predicted octanol–water partition coefficient (Wildman–Crippen LogP) is 3.05. The summed E-state index contributed by atoms with van der Waals surface area (Å²) in [5.41, 5.74) is 1.36. The highest BCUT2D eigenvalue weighted by Gasteiger charge is 2.27. The second-order valence-electron chi connectivity index (χ2n) is 6.69. The van der Waals surface area contributed by atoms with Crippen molar-refractivity contribution < 1.29 is 8.42 Å². The summed E-state index contributed by atoms with van der Waals surface area (Å²) in [5, 5.41) is 5.09. The van der Waals surface area contributed by atoms with Crippen LogP contribution >= 0.6 is 0 Å². The third-order valence-electron chi connectivity index (χ3n) is 2.94. The molecule has 0 amide bonds. The quantitative estimate of drug-likeness (QED) is 0.916. The lowest BCUT2D eigenvalue weighted by Crippen LogP contribution is -2.25. The molecule has 1 aromatic carbocycles. The van der Waals surface area contributed by atoms with Crippen molar-refractivity contribution in [3.05, 3.63) is 29.8 Å². The molecule has 18 heavy (non-hydrogen) atoms. The fourth-order valence-corrected chi connectivity index (χ4v) is 3.04. The van der Waals surface area contributed by atoms with E-state index in [9.17, 15) is 8.42 Å². The SMILES string of the molecule is CC(C)(C)CC(C)(C)c1ccc(S(N)(=O)=O)cc1. The Labute approximate surface area is 110 Å². The predicted molar refractivity (Wildman–Crippen MR) is 74.9 cm³/mol. The molecule has 1 rings (SSSR count). The minimum absolute atomic E-state index is 0.00907. The van der Waals surface area contributed by atoms with Crippen LogP contribution in [0.3, 0.4) is 0 Å². The van der Waals surface area contributed by atoms with E-state index in [0.29, 0.717) is 0 Å². The Morgan fingerprint density at radius 2 is 1.44 bits per heavy atom. The van der Waals surface area contributed by atoms with Gasteiger partial charge in [-0.25, -0.2) is 13.6 Å². The highest BCUT2D eigenvalue weighted by atomic mass is 32.2. The summed E-state index contributed by atoms with van der Waals surface area (Å²) in [5.74, 6) is 0. The van der Waals surface area contributed by atoms with E-state index < -0.39 is 10.0 Å². The molecule has 0 radical (unpaired) electrons. The molecule has 0 fully saturated rings. The van der Waals surface area contributed by atoms with Gasteiger partial charge in [0.25, 0.3) is 0 Å².